The second kappa shape index (κ2) is 6.16. The van der Waals surface area contributed by atoms with Gasteiger partial charge in [-0.2, -0.15) is 0 Å². The first kappa shape index (κ1) is 10.4. The van der Waals surface area contributed by atoms with Crippen molar-refractivity contribution in [2.45, 2.75) is 6.42 Å². The molecular weight excluding hydrogens is 208 g/mol. The van der Waals surface area contributed by atoms with Gasteiger partial charge in [-0.1, -0.05) is 34.7 Å². The average Bonchev–Trinajstić information content (AvgIpc) is 2.03. The number of hydrogen-bond acceptors (Lipinski definition) is 2. The number of allylic oxidation sites excluding steroid dienone is 2. The molecule has 0 aromatic rings. The number of carbonyl (C=O) groups excluding carboxylic acids is 1. The Hall–Kier alpha value is -0.570. The molecule has 0 aromatic carbocycles. The molecule has 0 heterocycles. The van der Waals surface area contributed by atoms with Crippen molar-refractivity contribution in [1.29, 1.82) is 0 Å². The molecule has 0 fully saturated rings. The average molecular weight is 219 g/mol. The Morgan fingerprint density at radius 3 is 2.73 bits per heavy atom. The van der Waals surface area contributed by atoms with Crippen LogP contribution in [0.2, 0.25) is 0 Å². The van der Waals surface area contributed by atoms with E-state index in [1.165, 1.54) is 7.11 Å². The quantitative estimate of drug-likeness (QED) is 0.411. The molecule has 0 aliphatic carbocycles. The number of rotatable bonds is 4. The van der Waals surface area contributed by atoms with Gasteiger partial charge >= 0.3 is 5.97 Å². The van der Waals surface area contributed by atoms with Gasteiger partial charge < -0.3 is 4.74 Å². The zero-order chi connectivity index (χ0) is 8.69. The minimum absolute atomic E-state index is 0.224. The van der Waals surface area contributed by atoms with Crippen LogP contribution in [0.4, 0.5) is 0 Å². The molecule has 62 valence electrons. The Balaban J connectivity index is 3.97. The summed E-state index contributed by atoms with van der Waals surface area (Å²) >= 11 is 3.25. The third kappa shape index (κ3) is 4.79. The zero-order valence-corrected chi connectivity index (χ0v) is 8.06. The molecule has 0 rings (SSSR count). The lowest BCUT2D eigenvalue weighted by Crippen LogP contribution is -2.02. The van der Waals surface area contributed by atoms with Crippen molar-refractivity contribution in [3.63, 3.8) is 0 Å². The van der Waals surface area contributed by atoms with Crippen molar-refractivity contribution in [3.8, 4) is 0 Å². The van der Waals surface area contributed by atoms with Crippen LogP contribution in [0, 0.1) is 0 Å². The lowest BCUT2D eigenvalue weighted by atomic mass is 10.2. The molecule has 0 atom stereocenters. The maximum Gasteiger partial charge on any atom is 0.309 e. The molecule has 0 aliphatic heterocycles. The number of carbonyl (C=O) groups is 1. The van der Waals surface area contributed by atoms with Crippen LogP contribution in [0.1, 0.15) is 6.42 Å². The van der Waals surface area contributed by atoms with Crippen molar-refractivity contribution in [2.24, 2.45) is 0 Å². The van der Waals surface area contributed by atoms with Gasteiger partial charge in [0.05, 0.1) is 13.5 Å². The zero-order valence-electron chi connectivity index (χ0n) is 6.47. The third-order valence-corrected chi connectivity index (χ3v) is 1.84. The van der Waals surface area contributed by atoms with Gasteiger partial charge in [0.2, 0.25) is 0 Å². The van der Waals surface area contributed by atoms with Gasteiger partial charge in [-0.3, -0.25) is 4.79 Å². The smallest absolute Gasteiger partial charge is 0.309 e. The van der Waals surface area contributed by atoms with Gasteiger partial charge in [0.15, 0.2) is 0 Å². The van der Waals surface area contributed by atoms with Crippen molar-refractivity contribution in [1.82, 2.24) is 0 Å². The molecule has 0 radical (unpaired) electrons. The summed E-state index contributed by atoms with van der Waals surface area (Å²) in [7, 11) is 1.38. The van der Waals surface area contributed by atoms with E-state index in [0.29, 0.717) is 11.8 Å². The van der Waals surface area contributed by atoms with E-state index < -0.39 is 0 Å². The van der Waals surface area contributed by atoms with E-state index in [0.717, 1.165) is 5.57 Å². The summed E-state index contributed by atoms with van der Waals surface area (Å²) in [6.45, 7) is 3.53. The second-order valence-corrected chi connectivity index (χ2v) is 2.51. The summed E-state index contributed by atoms with van der Waals surface area (Å²) in [5, 5.41) is 0.675. The van der Waals surface area contributed by atoms with Crippen molar-refractivity contribution >= 4 is 21.9 Å². The van der Waals surface area contributed by atoms with Gasteiger partial charge in [-0.05, 0) is 5.57 Å². The van der Waals surface area contributed by atoms with E-state index in [1.807, 2.05) is 0 Å². The molecule has 0 unspecified atom stereocenters. The fourth-order valence-electron chi connectivity index (χ4n) is 0.575. The van der Waals surface area contributed by atoms with Crippen LogP contribution in [0.3, 0.4) is 0 Å². The van der Waals surface area contributed by atoms with E-state index in [2.05, 4.69) is 27.2 Å². The molecule has 0 saturated carbocycles. The first-order chi connectivity index (χ1) is 5.24. The summed E-state index contributed by atoms with van der Waals surface area (Å²) < 4.78 is 4.49. The van der Waals surface area contributed by atoms with Crippen LogP contribution >= 0.6 is 15.9 Å². The highest BCUT2D eigenvalue weighted by Gasteiger charge is 2.02. The topological polar surface area (TPSA) is 26.3 Å². The van der Waals surface area contributed by atoms with Gasteiger partial charge in [0, 0.05) is 5.33 Å². The van der Waals surface area contributed by atoms with E-state index >= 15 is 0 Å². The molecule has 2 nitrogen and oxygen atoms in total. The first-order valence-electron chi connectivity index (χ1n) is 3.17. The van der Waals surface area contributed by atoms with Crippen LogP contribution in [-0.4, -0.2) is 18.4 Å². The second-order valence-electron chi connectivity index (χ2n) is 1.95. The Kier molecular flexibility index (Phi) is 5.84. The van der Waals surface area contributed by atoms with Crippen LogP contribution in [-0.2, 0) is 9.53 Å². The van der Waals surface area contributed by atoms with Gasteiger partial charge in [0.25, 0.3) is 0 Å². The molecule has 0 saturated heterocycles. The highest BCUT2D eigenvalue weighted by Crippen LogP contribution is 2.06. The number of halogens is 1. The SMILES string of the molecule is C=CC=C(CBr)CC(=O)OC. The highest BCUT2D eigenvalue weighted by molar-refractivity contribution is 9.09. The molecule has 0 spiro atoms. The normalized spacial score (nSPS) is 10.9. The first-order valence-corrected chi connectivity index (χ1v) is 4.30. The monoisotopic (exact) mass is 218 g/mol. The van der Waals surface area contributed by atoms with Crippen molar-refractivity contribution in [2.75, 3.05) is 12.4 Å². The minimum Gasteiger partial charge on any atom is -0.469 e. The maximum absolute atomic E-state index is 10.7. The Labute approximate surface area is 75.1 Å². The minimum atomic E-state index is -0.224. The lowest BCUT2D eigenvalue weighted by Gasteiger charge is -1.99. The molecule has 0 bridgehead atoms. The van der Waals surface area contributed by atoms with E-state index in [-0.39, 0.29) is 5.97 Å². The van der Waals surface area contributed by atoms with Crippen molar-refractivity contribution in [3.05, 3.63) is 24.3 Å². The highest BCUT2D eigenvalue weighted by atomic mass is 79.9. The predicted octanol–water partition coefficient (Wildman–Crippen LogP) is 2.06. The van der Waals surface area contributed by atoms with E-state index in [9.17, 15) is 4.79 Å². The predicted molar refractivity (Wildman–Crippen MR) is 48.7 cm³/mol. The summed E-state index contributed by atoms with van der Waals surface area (Å²) in [5.41, 5.74) is 0.965. The molecular formula is C8H11BrO2. The number of hydrogen-bond donors (Lipinski definition) is 0. The Morgan fingerprint density at radius 2 is 2.36 bits per heavy atom. The summed E-state index contributed by atoms with van der Waals surface area (Å²) in [5.74, 6) is -0.224. The van der Waals surface area contributed by atoms with Crippen LogP contribution in [0.5, 0.6) is 0 Å². The number of methoxy groups -OCH3 is 1. The Morgan fingerprint density at radius 1 is 1.73 bits per heavy atom. The van der Waals surface area contributed by atoms with E-state index in [4.69, 9.17) is 0 Å². The van der Waals surface area contributed by atoms with E-state index in [1.54, 1.807) is 12.2 Å². The van der Waals surface area contributed by atoms with Crippen LogP contribution < -0.4 is 0 Å². The molecule has 11 heavy (non-hydrogen) atoms. The fourth-order valence-corrected chi connectivity index (χ4v) is 0.960. The lowest BCUT2D eigenvalue weighted by molar-refractivity contribution is -0.139. The van der Waals surface area contributed by atoms with Crippen molar-refractivity contribution < 1.29 is 9.53 Å². The molecule has 3 heteroatoms. The van der Waals surface area contributed by atoms with Crippen LogP contribution in [0.15, 0.2) is 24.3 Å². The maximum atomic E-state index is 10.7. The molecule has 0 N–H and O–H groups in total. The van der Waals surface area contributed by atoms with Gasteiger partial charge in [-0.15, -0.1) is 0 Å². The number of alkyl halides is 1. The summed E-state index contributed by atoms with van der Waals surface area (Å²) in [6.07, 6.45) is 3.78. The number of esters is 1. The van der Waals surface area contributed by atoms with Gasteiger partial charge in [0.1, 0.15) is 0 Å². The third-order valence-electron chi connectivity index (χ3n) is 1.12. The number of ether oxygens (including phenoxy) is 1. The van der Waals surface area contributed by atoms with Crippen LogP contribution in [0.25, 0.3) is 0 Å². The standard InChI is InChI=1S/C8H11BrO2/c1-3-4-7(6-9)5-8(10)11-2/h3-4H,1,5-6H2,2H3. The fraction of sp³-hybridized carbons (Fsp3) is 0.375. The van der Waals surface area contributed by atoms with Gasteiger partial charge in [-0.25, -0.2) is 0 Å². The molecule has 0 aromatic heterocycles. The summed E-state index contributed by atoms with van der Waals surface area (Å²) in [4.78, 5) is 10.7. The Bertz CT molecular complexity index is 173. The summed E-state index contributed by atoms with van der Waals surface area (Å²) in [6, 6.07) is 0. The molecule has 0 amide bonds. The largest absolute Gasteiger partial charge is 0.469 e. The molecule has 0 aliphatic rings.